The van der Waals surface area contributed by atoms with Crippen molar-refractivity contribution in [2.45, 2.75) is 39.0 Å². The summed E-state index contributed by atoms with van der Waals surface area (Å²) in [6.45, 7) is 5.23. The maximum Gasteiger partial charge on any atom is 0.233 e. The van der Waals surface area contributed by atoms with Gasteiger partial charge in [-0.3, -0.25) is 14.7 Å². The van der Waals surface area contributed by atoms with Gasteiger partial charge in [-0.05, 0) is 43.9 Å². The summed E-state index contributed by atoms with van der Waals surface area (Å²) in [6.07, 6.45) is 3.05. The minimum absolute atomic E-state index is 0.125. The molecule has 7 nitrogen and oxygen atoms in total. The number of carbonyl (C=O) groups excluding carboxylic acids is 2. The lowest BCUT2D eigenvalue weighted by atomic mass is 9.96. The van der Waals surface area contributed by atoms with Crippen molar-refractivity contribution < 1.29 is 9.59 Å². The number of rotatable bonds is 4. The second-order valence-corrected chi connectivity index (χ2v) is 6.50. The van der Waals surface area contributed by atoms with Crippen LogP contribution in [0.5, 0.6) is 0 Å². The Morgan fingerprint density at radius 3 is 2.72 bits per heavy atom. The Bertz CT molecular complexity index is 749. The zero-order valence-electron chi connectivity index (χ0n) is 14.6. The van der Waals surface area contributed by atoms with Gasteiger partial charge in [0.2, 0.25) is 11.8 Å². The summed E-state index contributed by atoms with van der Waals surface area (Å²) in [7, 11) is 0. The van der Waals surface area contributed by atoms with Crippen LogP contribution in [0.15, 0.2) is 24.5 Å². The van der Waals surface area contributed by atoms with Crippen LogP contribution in [-0.4, -0.2) is 45.0 Å². The van der Waals surface area contributed by atoms with Crippen molar-refractivity contribution in [3.63, 3.8) is 0 Å². The number of aryl methyl sites for hydroxylation is 1. The highest BCUT2D eigenvalue weighted by atomic mass is 16.2. The topological polar surface area (TPSA) is 91.0 Å². The van der Waals surface area contributed by atoms with Gasteiger partial charge in [0.1, 0.15) is 18.6 Å². The molecule has 7 heteroatoms. The van der Waals surface area contributed by atoms with Crippen LogP contribution in [0.4, 0.5) is 5.69 Å². The quantitative estimate of drug-likeness (QED) is 0.834. The minimum Gasteiger partial charge on any atom is -0.342 e. The number of benzene rings is 1. The Kier molecular flexibility index (Phi) is 5.11. The molecule has 0 atom stereocenters. The first kappa shape index (κ1) is 17.1. The summed E-state index contributed by atoms with van der Waals surface area (Å²) in [4.78, 5) is 30.5. The Morgan fingerprint density at radius 2 is 2.04 bits per heavy atom. The molecule has 1 aliphatic heterocycles. The van der Waals surface area contributed by atoms with E-state index in [-0.39, 0.29) is 18.2 Å². The SMILES string of the molecule is Cc1cccc(NC(=O)CC(=O)N2CCC(c3ncn[nH]3)CC2)c1C. The number of piperidine rings is 1. The molecule has 2 N–H and O–H groups in total. The maximum atomic E-state index is 12.4. The zero-order valence-corrected chi connectivity index (χ0v) is 14.6. The highest BCUT2D eigenvalue weighted by Crippen LogP contribution is 2.25. The fraction of sp³-hybridized carbons (Fsp3) is 0.444. The predicted molar refractivity (Wildman–Crippen MR) is 94.1 cm³/mol. The average Bonchev–Trinajstić information content (AvgIpc) is 3.13. The molecule has 0 radical (unpaired) electrons. The van der Waals surface area contributed by atoms with Crippen LogP contribution in [-0.2, 0) is 9.59 Å². The van der Waals surface area contributed by atoms with Crippen LogP contribution in [0, 0.1) is 13.8 Å². The largest absolute Gasteiger partial charge is 0.342 e. The number of nitrogens with one attached hydrogen (secondary N) is 2. The van der Waals surface area contributed by atoms with Gasteiger partial charge in [0.05, 0.1) is 0 Å². The molecule has 0 bridgehead atoms. The van der Waals surface area contributed by atoms with E-state index in [2.05, 4.69) is 20.5 Å². The smallest absolute Gasteiger partial charge is 0.233 e. The molecule has 1 saturated heterocycles. The normalized spacial score (nSPS) is 15.2. The number of aromatic nitrogens is 3. The molecule has 0 saturated carbocycles. The zero-order chi connectivity index (χ0) is 17.8. The van der Waals surface area contributed by atoms with E-state index in [1.807, 2.05) is 32.0 Å². The summed E-state index contributed by atoms with van der Waals surface area (Å²) >= 11 is 0. The van der Waals surface area contributed by atoms with Gasteiger partial charge in [-0.1, -0.05) is 12.1 Å². The van der Waals surface area contributed by atoms with E-state index in [9.17, 15) is 9.59 Å². The molecule has 3 rings (SSSR count). The first-order chi connectivity index (χ1) is 12.0. The average molecular weight is 341 g/mol. The number of hydrogen-bond acceptors (Lipinski definition) is 4. The van der Waals surface area contributed by atoms with E-state index in [1.54, 1.807) is 4.90 Å². The van der Waals surface area contributed by atoms with E-state index in [4.69, 9.17) is 0 Å². The van der Waals surface area contributed by atoms with Gasteiger partial charge in [0.15, 0.2) is 0 Å². The number of aromatic amines is 1. The maximum absolute atomic E-state index is 12.4. The van der Waals surface area contributed by atoms with E-state index >= 15 is 0 Å². The van der Waals surface area contributed by atoms with Crippen LogP contribution in [0.3, 0.4) is 0 Å². The first-order valence-electron chi connectivity index (χ1n) is 8.53. The third-order valence-electron chi connectivity index (χ3n) is 4.86. The van der Waals surface area contributed by atoms with Crippen LogP contribution >= 0.6 is 0 Å². The standard InChI is InChI=1S/C18H23N5O2/c1-12-4-3-5-15(13(12)2)21-16(24)10-17(25)23-8-6-14(7-9-23)18-19-11-20-22-18/h3-5,11,14H,6-10H2,1-2H3,(H,21,24)(H,19,20,22). The lowest BCUT2D eigenvalue weighted by molar-refractivity contribution is -0.135. The molecular weight excluding hydrogens is 318 g/mol. The molecule has 2 aromatic rings. The van der Waals surface area contributed by atoms with E-state index in [0.717, 1.165) is 35.5 Å². The summed E-state index contributed by atoms with van der Waals surface area (Å²) in [6, 6.07) is 5.75. The van der Waals surface area contributed by atoms with Crippen molar-refractivity contribution in [2.24, 2.45) is 0 Å². The van der Waals surface area contributed by atoms with Crippen LogP contribution in [0.1, 0.15) is 42.1 Å². The van der Waals surface area contributed by atoms with Crippen LogP contribution in [0.25, 0.3) is 0 Å². The fourth-order valence-electron chi connectivity index (χ4n) is 3.14. The van der Waals surface area contributed by atoms with Crippen molar-refractivity contribution in [3.05, 3.63) is 41.5 Å². The highest BCUT2D eigenvalue weighted by molar-refractivity contribution is 6.03. The van der Waals surface area contributed by atoms with Crippen LogP contribution in [0.2, 0.25) is 0 Å². The van der Waals surface area contributed by atoms with Crippen molar-refractivity contribution in [1.29, 1.82) is 0 Å². The number of H-pyrrole nitrogens is 1. The van der Waals surface area contributed by atoms with Gasteiger partial charge in [-0.25, -0.2) is 4.98 Å². The second kappa shape index (κ2) is 7.46. The Hall–Kier alpha value is -2.70. The number of amides is 2. The number of hydrogen-bond donors (Lipinski definition) is 2. The second-order valence-electron chi connectivity index (χ2n) is 6.50. The minimum atomic E-state index is -0.268. The van der Waals surface area contributed by atoms with Crippen molar-refractivity contribution >= 4 is 17.5 Å². The molecular formula is C18H23N5O2. The van der Waals surface area contributed by atoms with E-state index < -0.39 is 0 Å². The van der Waals surface area contributed by atoms with E-state index in [0.29, 0.717) is 19.0 Å². The van der Waals surface area contributed by atoms with Gasteiger partial charge in [-0.15, -0.1) is 0 Å². The van der Waals surface area contributed by atoms with Crippen molar-refractivity contribution in [2.75, 3.05) is 18.4 Å². The fourth-order valence-corrected chi connectivity index (χ4v) is 3.14. The number of likely N-dealkylation sites (tertiary alicyclic amines) is 1. The third kappa shape index (κ3) is 4.04. The van der Waals surface area contributed by atoms with Gasteiger partial charge in [0, 0.05) is 24.7 Å². The molecule has 132 valence electrons. The lowest BCUT2D eigenvalue weighted by Crippen LogP contribution is -2.39. The molecule has 0 spiro atoms. The summed E-state index contributed by atoms with van der Waals surface area (Å²) < 4.78 is 0. The molecule has 1 aromatic carbocycles. The highest BCUT2D eigenvalue weighted by Gasteiger charge is 2.26. The van der Waals surface area contributed by atoms with Crippen molar-refractivity contribution in [1.82, 2.24) is 20.1 Å². The third-order valence-corrected chi connectivity index (χ3v) is 4.86. The molecule has 1 fully saturated rings. The summed E-state index contributed by atoms with van der Waals surface area (Å²) in [5.41, 5.74) is 2.90. The van der Waals surface area contributed by atoms with Gasteiger partial charge in [-0.2, -0.15) is 5.10 Å². The van der Waals surface area contributed by atoms with E-state index in [1.165, 1.54) is 6.33 Å². The van der Waals surface area contributed by atoms with Gasteiger partial charge < -0.3 is 10.2 Å². The number of anilines is 1. The predicted octanol–water partition coefficient (Wildman–Crippen LogP) is 2.16. The molecule has 1 aromatic heterocycles. The molecule has 0 aliphatic carbocycles. The number of nitrogens with zero attached hydrogens (tertiary/aromatic N) is 3. The number of carbonyl (C=O) groups is 2. The molecule has 2 amide bonds. The summed E-state index contributed by atoms with van der Waals surface area (Å²) in [5.74, 6) is 0.782. The molecule has 1 aliphatic rings. The van der Waals surface area contributed by atoms with Gasteiger partial charge >= 0.3 is 0 Å². The Balaban J connectivity index is 1.51. The Labute approximate surface area is 146 Å². The first-order valence-corrected chi connectivity index (χ1v) is 8.53. The molecule has 25 heavy (non-hydrogen) atoms. The molecule has 0 unspecified atom stereocenters. The Morgan fingerprint density at radius 1 is 1.28 bits per heavy atom. The van der Waals surface area contributed by atoms with Crippen molar-refractivity contribution in [3.8, 4) is 0 Å². The van der Waals surface area contributed by atoms with Gasteiger partial charge in [0.25, 0.3) is 0 Å². The monoisotopic (exact) mass is 341 g/mol. The molecule has 2 heterocycles. The van der Waals surface area contributed by atoms with Crippen LogP contribution < -0.4 is 5.32 Å². The summed E-state index contributed by atoms with van der Waals surface area (Å²) in [5, 5.41) is 9.61. The lowest BCUT2D eigenvalue weighted by Gasteiger charge is -2.30.